The molecular weight excluding hydrogens is 427 g/mol. The minimum Gasteiger partial charge on any atom is -0.363 e. The van der Waals surface area contributed by atoms with Gasteiger partial charge in [-0.25, -0.2) is 25.9 Å². The molecule has 3 rings (SSSR count). The molecule has 0 amide bonds. The third kappa shape index (κ3) is 4.66. The molecule has 5 nitrogen and oxygen atoms in total. The predicted molar refractivity (Wildman–Crippen MR) is 103 cm³/mol. The molecule has 154 valence electrons. The minimum absolute atomic E-state index is 0.0813. The van der Waals surface area contributed by atoms with E-state index in [-0.39, 0.29) is 41.8 Å². The fraction of sp³-hybridized carbons (Fsp3) is 0.316. The Morgan fingerprint density at radius 1 is 1.21 bits per heavy atom. The zero-order valence-corrected chi connectivity index (χ0v) is 16.9. The number of benzene rings is 2. The highest BCUT2D eigenvalue weighted by Gasteiger charge is 2.33. The molecule has 1 fully saturated rings. The number of halogens is 4. The van der Waals surface area contributed by atoms with Crippen LogP contribution in [0.3, 0.4) is 0 Å². The van der Waals surface area contributed by atoms with Crippen molar-refractivity contribution in [2.75, 3.05) is 24.2 Å². The van der Waals surface area contributed by atoms with Crippen LogP contribution in [0.4, 0.5) is 18.9 Å². The van der Waals surface area contributed by atoms with E-state index in [1.807, 2.05) is 6.07 Å². The highest BCUT2D eigenvalue weighted by molar-refractivity contribution is 7.88. The molecule has 1 aliphatic heterocycles. The molecule has 0 N–H and O–H groups in total. The zero-order valence-electron chi connectivity index (χ0n) is 15.4. The van der Waals surface area contributed by atoms with Gasteiger partial charge in [0.05, 0.1) is 16.8 Å². The summed E-state index contributed by atoms with van der Waals surface area (Å²) in [5, 5.41) is 9.24. The topological polar surface area (TPSA) is 64.4 Å². The van der Waals surface area contributed by atoms with Crippen LogP contribution in [0.5, 0.6) is 0 Å². The van der Waals surface area contributed by atoms with Crippen LogP contribution in [0, 0.1) is 28.8 Å². The maximum atomic E-state index is 14.2. The van der Waals surface area contributed by atoms with Gasteiger partial charge in [-0.1, -0.05) is 11.6 Å². The summed E-state index contributed by atoms with van der Waals surface area (Å²) in [5.41, 5.74) is 0.680. The van der Waals surface area contributed by atoms with E-state index in [0.717, 1.165) is 12.3 Å². The monoisotopic (exact) mass is 443 g/mol. The van der Waals surface area contributed by atoms with Gasteiger partial charge in [-0.05, 0) is 30.7 Å². The van der Waals surface area contributed by atoms with E-state index in [0.29, 0.717) is 18.2 Å². The lowest BCUT2D eigenvalue weighted by atomic mass is 10.1. The summed E-state index contributed by atoms with van der Waals surface area (Å²) in [6.45, 7) is 0.305. The Balaban J connectivity index is 2.00. The molecule has 2 aromatic carbocycles. The van der Waals surface area contributed by atoms with E-state index in [1.165, 1.54) is 16.4 Å². The van der Waals surface area contributed by atoms with E-state index in [4.69, 9.17) is 16.9 Å². The second-order valence-corrected chi connectivity index (χ2v) is 9.21. The zero-order chi connectivity index (χ0) is 21.3. The molecule has 1 atom stereocenters. The molecule has 10 heteroatoms. The summed E-state index contributed by atoms with van der Waals surface area (Å²) in [6.07, 6.45) is 1.56. The molecule has 2 aromatic rings. The number of sulfonamides is 1. The lowest BCUT2D eigenvalue weighted by Gasteiger charge is -2.32. The average molecular weight is 444 g/mol. The van der Waals surface area contributed by atoms with Gasteiger partial charge in [0.15, 0.2) is 11.6 Å². The third-order valence-corrected chi connectivity index (χ3v) is 6.45. The average Bonchev–Trinajstić information content (AvgIpc) is 3.14. The van der Waals surface area contributed by atoms with Gasteiger partial charge in [0.25, 0.3) is 0 Å². The third-order valence-electron chi connectivity index (χ3n) is 4.87. The first kappa shape index (κ1) is 21.4. The van der Waals surface area contributed by atoms with Crippen LogP contribution in [-0.4, -0.2) is 38.1 Å². The lowest BCUT2D eigenvalue weighted by molar-refractivity contribution is 0.470. The number of anilines is 1. The summed E-state index contributed by atoms with van der Waals surface area (Å²) in [4.78, 5) is 1.69. The SMILES string of the molecule is CS(=O)(=O)N1CC[C@H](N(Cc2cc(F)c(F)cc2F)c2ccc(C#N)c(Cl)c2)C1. The number of hydrogen-bond acceptors (Lipinski definition) is 4. The van der Waals surface area contributed by atoms with Crippen LogP contribution in [-0.2, 0) is 16.6 Å². The Bertz CT molecular complexity index is 1090. The van der Waals surface area contributed by atoms with Crippen molar-refractivity contribution in [3.05, 3.63) is 63.9 Å². The van der Waals surface area contributed by atoms with Gasteiger partial charge >= 0.3 is 0 Å². The molecule has 0 saturated carbocycles. The highest BCUT2D eigenvalue weighted by atomic mass is 35.5. The molecule has 0 bridgehead atoms. The minimum atomic E-state index is -3.41. The summed E-state index contributed by atoms with van der Waals surface area (Å²) in [6, 6.07) is 7.47. The van der Waals surface area contributed by atoms with Gasteiger partial charge in [-0.2, -0.15) is 5.26 Å². The van der Waals surface area contributed by atoms with Crippen molar-refractivity contribution in [3.8, 4) is 6.07 Å². The smallest absolute Gasteiger partial charge is 0.211 e. The summed E-state index contributed by atoms with van der Waals surface area (Å²) in [5.74, 6) is -3.38. The summed E-state index contributed by atoms with van der Waals surface area (Å²) >= 11 is 6.12. The quantitative estimate of drug-likeness (QED) is 0.661. The Kier molecular flexibility index (Phi) is 6.08. The Morgan fingerprint density at radius 3 is 2.48 bits per heavy atom. The first-order chi connectivity index (χ1) is 13.6. The largest absolute Gasteiger partial charge is 0.363 e. The standard InChI is InChI=1S/C19H17ClF3N3O2S/c1-29(27,28)25-5-4-15(11-25)26(14-3-2-12(9-24)16(20)7-14)10-13-6-18(22)19(23)8-17(13)21/h2-3,6-8,15H,4-5,10-11H2,1H3/t15-/m0/s1. The fourth-order valence-corrected chi connectivity index (χ4v) is 4.44. The molecule has 1 aliphatic rings. The Hall–Kier alpha value is -2.28. The van der Waals surface area contributed by atoms with E-state index in [9.17, 15) is 21.6 Å². The number of nitrogens with zero attached hydrogens (tertiary/aromatic N) is 3. The van der Waals surface area contributed by atoms with Gasteiger partial charge in [-0.3, -0.25) is 0 Å². The van der Waals surface area contributed by atoms with Crippen LogP contribution in [0.15, 0.2) is 30.3 Å². The molecule has 0 aromatic heterocycles. The van der Waals surface area contributed by atoms with Crippen molar-refractivity contribution >= 4 is 27.3 Å². The van der Waals surface area contributed by atoms with Crippen molar-refractivity contribution in [2.45, 2.75) is 19.0 Å². The van der Waals surface area contributed by atoms with E-state index in [1.54, 1.807) is 11.0 Å². The predicted octanol–water partition coefficient (Wildman–Crippen LogP) is 3.67. The molecule has 0 spiro atoms. The molecule has 1 saturated heterocycles. The molecule has 0 radical (unpaired) electrons. The van der Waals surface area contributed by atoms with Crippen LogP contribution in [0.2, 0.25) is 5.02 Å². The number of rotatable bonds is 5. The van der Waals surface area contributed by atoms with Crippen molar-refractivity contribution in [2.24, 2.45) is 0 Å². The normalized spacial score (nSPS) is 17.3. The Morgan fingerprint density at radius 2 is 1.90 bits per heavy atom. The second kappa shape index (κ2) is 8.22. The van der Waals surface area contributed by atoms with Gasteiger partial charge in [0, 0.05) is 43.0 Å². The van der Waals surface area contributed by atoms with E-state index in [2.05, 4.69) is 0 Å². The molecular formula is C19H17ClF3N3O2S. The van der Waals surface area contributed by atoms with Crippen LogP contribution >= 0.6 is 11.6 Å². The van der Waals surface area contributed by atoms with Crippen molar-refractivity contribution in [1.82, 2.24) is 4.31 Å². The van der Waals surface area contributed by atoms with Crippen molar-refractivity contribution in [1.29, 1.82) is 5.26 Å². The van der Waals surface area contributed by atoms with Crippen molar-refractivity contribution < 1.29 is 21.6 Å². The van der Waals surface area contributed by atoms with Gasteiger partial charge < -0.3 is 4.90 Å². The van der Waals surface area contributed by atoms with E-state index < -0.39 is 27.5 Å². The maximum absolute atomic E-state index is 14.2. The van der Waals surface area contributed by atoms with Crippen LogP contribution < -0.4 is 4.90 Å². The summed E-state index contributed by atoms with van der Waals surface area (Å²) < 4.78 is 66.2. The second-order valence-electron chi connectivity index (χ2n) is 6.83. The fourth-order valence-electron chi connectivity index (χ4n) is 3.34. The van der Waals surface area contributed by atoms with E-state index >= 15 is 0 Å². The first-order valence-electron chi connectivity index (χ1n) is 8.65. The Labute approximate surface area is 172 Å². The molecule has 0 aliphatic carbocycles. The lowest BCUT2D eigenvalue weighted by Crippen LogP contribution is -2.38. The van der Waals surface area contributed by atoms with Gasteiger partial charge in [-0.15, -0.1) is 0 Å². The van der Waals surface area contributed by atoms with Crippen LogP contribution in [0.1, 0.15) is 17.5 Å². The molecule has 29 heavy (non-hydrogen) atoms. The highest BCUT2D eigenvalue weighted by Crippen LogP contribution is 2.30. The van der Waals surface area contributed by atoms with Gasteiger partial charge in [0.2, 0.25) is 10.0 Å². The first-order valence-corrected chi connectivity index (χ1v) is 10.9. The maximum Gasteiger partial charge on any atom is 0.211 e. The van der Waals surface area contributed by atoms with Crippen molar-refractivity contribution in [3.63, 3.8) is 0 Å². The number of nitriles is 1. The van der Waals surface area contributed by atoms with Crippen LogP contribution in [0.25, 0.3) is 0 Å². The molecule has 0 unspecified atom stereocenters. The molecule has 1 heterocycles. The number of hydrogen-bond donors (Lipinski definition) is 0. The van der Waals surface area contributed by atoms with Gasteiger partial charge in [0.1, 0.15) is 11.9 Å². The summed E-state index contributed by atoms with van der Waals surface area (Å²) in [7, 11) is -3.41.